The number of carbonyl (C=O) groups excluding carboxylic acids is 2. The first-order valence-electron chi connectivity index (χ1n) is 7.14. The van der Waals surface area contributed by atoms with Crippen LogP contribution in [0.3, 0.4) is 0 Å². The quantitative estimate of drug-likeness (QED) is 0.587. The number of para-hydroxylation sites is 1. The highest BCUT2D eigenvalue weighted by molar-refractivity contribution is 7.84. The first-order valence-corrected chi connectivity index (χ1v) is 8.70. The topological polar surface area (TPSA) is 95.5 Å². The number of phenols is 1. The predicted molar refractivity (Wildman–Crippen MR) is 93.6 cm³/mol. The highest BCUT2D eigenvalue weighted by Gasteiger charge is 2.18. The van der Waals surface area contributed by atoms with Crippen LogP contribution in [0.5, 0.6) is 5.75 Å². The van der Waals surface area contributed by atoms with Crippen LogP contribution < -0.4 is 10.6 Å². The molecule has 0 saturated carbocycles. The molecule has 0 aromatic heterocycles. The van der Waals surface area contributed by atoms with Gasteiger partial charge in [-0.2, -0.15) is 0 Å². The summed E-state index contributed by atoms with van der Waals surface area (Å²) in [6.45, 7) is 3.44. The van der Waals surface area contributed by atoms with Crippen LogP contribution in [0.1, 0.15) is 11.1 Å². The lowest BCUT2D eigenvalue weighted by molar-refractivity contribution is -0.133. The van der Waals surface area contributed by atoms with Crippen LogP contribution in [0.25, 0.3) is 0 Å². The average molecular weight is 346 g/mol. The Morgan fingerprint density at radius 3 is 2.12 bits per heavy atom. The van der Waals surface area contributed by atoms with Gasteiger partial charge in [0.2, 0.25) is 0 Å². The van der Waals surface area contributed by atoms with Gasteiger partial charge in [-0.3, -0.25) is 13.8 Å². The number of benzene rings is 2. The van der Waals surface area contributed by atoms with E-state index in [1.54, 1.807) is 38.1 Å². The van der Waals surface area contributed by atoms with E-state index in [0.29, 0.717) is 27.4 Å². The Morgan fingerprint density at radius 1 is 1.00 bits per heavy atom. The van der Waals surface area contributed by atoms with Crippen molar-refractivity contribution in [2.75, 3.05) is 16.9 Å². The van der Waals surface area contributed by atoms with Crippen molar-refractivity contribution in [1.82, 2.24) is 0 Å². The molecule has 126 valence electrons. The second kappa shape index (κ2) is 7.27. The van der Waals surface area contributed by atoms with Gasteiger partial charge >= 0.3 is 11.8 Å². The van der Waals surface area contributed by atoms with Gasteiger partial charge in [0.15, 0.2) is 0 Å². The molecule has 2 aromatic rings. The Bertz CT molecular complexity index is 810. The molecule has 24 heavy (non-hydrogen) atoms. The number of nitrogens with one attached hydrogen (secondary N) is 2. The first-order chi connectivity index (χ1) is 11.3. The van der Waals surface area contributed by atoms with E-state index in [1.807, 2.05) is 0 Å². The molecule has 0 aliphatic carbocycles. The van der Waals surface area contributed by atoms with Crippen molar-refractivity contribution in [1.29, 1.82) is 0 Å². The lowest BCUT2D eigenvalue weighted by atomic mass is 10.1. The average Bonchev–Trinajstić information content (AvgIpc) is 2.50. The number of amides is 2. The summed E-state index contributed by atoms with van der Waals surface area (Å²) in [6, 6.07) is 9.58. The van der Waals surface area contributed by atoms with Gasteiger partial charge < -0.3 is 15.7 Å². The maximum atomic E-state index is 12.1. The number of hydrogen-bond acceptors (Lipinski definition) is 4. The zero-order valence-electron chi connectivity index (χ0n) is 13.5. The smallest absolute Gasteiger partial charge is 0.314 e. The van der Waals surface area contributed by atoms with E-state index in [0.717, 1.165) is 0 Å². The van der Waals surface area contributed by atoms with E-state index in [1.165, 1.54) is 18.4 Å². The van der Waals surface area contributed by atoms with E-state index in [9.17, 15) is 18.9 Å². The Labute approximate surface area is 142 Å². The molecular formula is C17H18N2O4S. The third-order valence-electron chi connectivity index (χ3n) is 3.41. The second-order valence-electron chi connectivity index (χ2n) is 5.31. The van der Waals surface area contributed by atoms with E-state index in [4.69, 9.17) is 0 Å². The van der Waals surface area contributed by atoms with Crippen LogP contribution in [0, 0.1) is 13.8 Å². The summed E-state index contributed by atoms with van der Waals surface area (Å²) in [4.78, 5) is 24.7. The van der Waals surface area contributed by atoms with E-state index in [2.05, 4.69) is 10.6 Å². The molecule has 0 spiro atoms. The molecule has 0 aliphatic rings. The van der Waals surface area contributed by atoms with Gasteiger partial charge in [0.1, 0.15) is 5.75 Å². The van der Waals surface area contributed by atoms with Crippen LogP contribution in [0.4, 0.5) is 11.4 Å². The predicted octanol–water partition coefficient (Wildman–Crippen LogP) is 2.32. The molecule has 2 aromatic carbocycles. The lowest BCUT2D eigenvalue weighted by Gasteiger charge is -2.13. The van der Waals surface area contributed by atoms with Gasteiger partial charge in [0.05, 0.1) is 21.4 Å². The molecule has 1 unspecified atom stereocenters. The van der Waals surface area contributed by atoms with Crippen molar-refractivity contribution < 1.29 is 18.9 Å². The minimum absolute atomic E-state index is 0.0896. The van der Waals surface area contributed by atoms with Gasteiger partial charge in [-0.1, -0.05) is 12.1 Å². The standard InChI is InChI=1S/C17H18N2O4S/c1-10-8-12(20)9-11(2)15(10)19-17(22)16(21)18-13-6-4-5-7-14(13)24(3)23/h4-9,20H,1-3H3,(H,18,21)(H,19,22). The number of aryl methyl sites for hydroxylation is 2. The van der Waals surface area contributed by atoms with Gasteiger partial charge in [-0.25, -0.2) is 0 Å². The number of carbonyl (C=O) groups is 2. The second-order valence-corrected chi connectivity index (χ2v) is 6.66. The number of phenolic OH excluding ortho intramolecular Hbond substituents is 1. The highest BCUT2D eigenvalue weighted by Crippen LogP contribution is 2.25. The molecule has 6 nitrogen and oxygen atoms in total. The van der Waals surface area contributed by atoms with Crippen molar-refractivity contribution >= 4 is 34.0 Å². The highest BCUT2D eigenvalue weighted by atomic mass is 32.2. The SMILES string of the molecule is Cc1cc(O)cc(C)c1NC(=O)C(=O)Nc1ccccc1S(C)=O. The zero-order valence-corrected chi connectivity index (χ0v) is 14.4. The Morgan fingerprint density at radius 2 is 1.54 bits per heavy atom. The molecule has 0 aliphatic heterocycles. The summed E-state index contributed by atoms with van der Waals surface area (Å²) in [5.41, 5.74) is 2.09. The van der Waals surface area contributed by atoms with Gasteiger partial charge in [-0.05, 0) is 49.2 Å². The van der Waals surface area contributed by atoms with Crippen LogP contribution in [0.2, 0.25) is 0 Å². The maximum absolute atomic E-state index is 12.1. The van der Waals surface area contributed by atoms with Crippen LogP contribution in [0.15, 0.2) is 41.3 Å². The third kappa shape index (κ3) is 3.99. The fourth-order valence-corrected chi connectivity index (χ4v) is 3.01. The molecule has 0 heterocycles. The molecule has 7 heteroatoms. The van der Waals surface area contributed by atoms with Gasteiger partial charge in [-0.15, -0.1) is 0 Å². The van der Waals surface area contributed by atoms with Crippen molar-refractivity contribution in [3.8, 4) is 5.75 Å². The monoisotopic (exact) mass is 346 g/mol. The van der Waals surface area contributed by atoms with E-state index >= 15 is 0 Å². The fourth-order valence-electron chi connectivity index (χ4n) is 2.31. The maximum Gasteiger partial charge on any atom is 0.314 e. The van der Waals surface area contributed by atoms with Crippen molar-refractivity contribution in [2.24, 2.45) is 0 Å². The molecule has 3 N–H and O–H groups in total. The summed E-state index contributed by atoms with van der Waals surface area (Å²) in [5, 5.41) is 14.5. The summed E-state index contributed by atoms with van der Waals surface area (Å²) >= 11 is 0. The molecule has 1 atom stereocenters. The Balaban J connectivity index is 2.17. The molecule has 2 amide bonds. The van der Waals surface area contributed by atoms with E-state index < -0.39 is 22.6 Å². The summed E-state index contributed by atoms with van der Waals surface area (Å²) in [5.74, 6) is -1.62. The van der Waals surface area contributed by atoms with Gasteiger partial charge in [0.25, 0.3) is 0 Å². The van der Waals surface area contributed by atoms with Crippen LogP contribution in [-0.4, -0.2) is 27.4 Å². The third-order valence-corrected chi connectivity index (χ3v) is 4.38. The largest absolute Gasteiger partial charge is 0.508 e. The summed E-state index contributed by atoms with van der Waals surface area (Å²) < 4.78 is 11.7. The van der Waals surface area contributed by atoms with Crippen LogP contribution in [-0.2, 0) is 20.4 Å². The van der Waals surface area contributed by atoms with Crippen molar-refractivity contribution in [3.63, 3.8) is 0 Å². The molecule has 0 radical (unpaired) electrons. The van der Waals surface area contributed by atoms with Crippen molar-refractivity contribution in [2.45, 2.75) is 18.7 Å². The summed E-state index contributed by atoms with van der Waals surface area (Å²) in [7, 11) is -1.29. The minimum atomic E-state index is -1.29. The summed E-state index contributed by atoms with van der Waals surface area (Å²) in [6.07, 6.45) is 1.49. The number of rotatable bonds is 3. The normalized spacial score (nSPS) is 11.6. The Kier molecular flexibility index (Phi) is 5.35. The minimum Gasteiger partial charge on any atom is -0.508 e. The lowest BCUT2D eigenvalue weighted by Crippen LogP contribution is -2.30. The number of hydrogen-bond donors (Lipinski definition) is 3. The molecule has 0 bridgehead atoms. The molecule has 2 rings (SSSR count). The fraction of sp³-hybridized carbons (Fsp3) is 0.176. The molecular weight excluding hydrogens is 328 g/mol. The van der Waals surface area contributed by atoms with Gasteiger partial charge in [0, 0.05) is 11.9 Å². The number of aromatic hydroxyl groups is 1. The zero-order chi connectivity index (χ0) is 17.9. The Hall–Kier alpha value is -2.67. The first kappa shape index (κ1) is 17.7. The molecule has 0 saturated heterocycles. The molecule has 0 fully saturated rings. The number of anilines is 2. The van der Waals surface area contributed by atoms with Crippen LogP contribution >= 0.6 is 0 Å². The van der Waals surface area contributed by atoms with Crippen molar-refractivity contribution in [3.05, 3.63) is 47.5 Å². The van der Waals surface area contributed by atoms with E-state index in [-0.39, 0.29) is 5.75 Å².